The number of carboxylic acid groups (broad SMARTS) is 1. The number of amides is 1. The molecule has 0 aromatic carbocycles. The van der Waals surface area contributed by atoms with Gasteiger partial charge in [0.25, 0.3) is 0 Å². The van der Waals surface area contributed by atoms with Gasteiger partial charge in [0.15, 0.2) is 0 Å². The molecule has 1 amide bonds. The molecule has 0 saturated heterocycles. The zero-order chi connectivity index (χ0) is 14.6. The summed E-state index contributed by atoms with van der Waals surface area (Å²) in [6.45, 7) is 2.81. The highest BCUT2D eigenvalue weighted by molar-refractivity contribution is 5.81. The molecular formula is C10H17F3N2O3. The Kier molecular flexibility index (Phi) is 5.59. The summed E-state index contributed by atoms with van der Waals surface area (Å²) in [6.07, 6.45) is -4.48. The first-order chi connectivity index (χ1) is 8.00. The van der Waals surface area contributed by atoms with E-state index in [2.05, 4.69) is 0 Å². The smallest absolute Gasteiger partial charge is 0.405 e. The summed E-state index contributed by atoms with van der Waals surface area (Å²) in [6, 6.07) is 0. The van der Waals surface area contributed by atoms with Crippen molar-refractivity contribution in [1.82, 2.24) is 10.2 Å². The number of hydrogen-bond acceptors (Lipinski definition) is 3. The minimum absolute atomic E-state index is 0.235. The van der Waals surface area contributed by atoms with Crippen LogP contribution in [-0.2, 0) is 9.59 Å². The molecular weight excluding hydrogens is 253 g/mol. The molecule has 0 unspecified atom stereocenters. The summed E-state index contributed by atoms with van der Waals surface area (Å²) in [5.74, 6) is -2.00. The van der Waals surface area contributed by atoms with Crippen molar-refractivity contribution in [1.29, 1.82) is 0 Å². The first-order valence-electron chi connectivity index (χ1n) is 5.32. The molecule has 0 aromatic rings. The van der Waals surface area contributed by atoms with E-state index in [4.69, 9.17) is 5.11 Å². The fourth-order valence-corrected chi connectivity index (χ4v) is 1.27. The SMILES string of the molecule is CCN(CC(=O)NCC(F)(F)F)C(C)(C)C(=O)O. The molecule has 0 atom stereocenters. The van der Waals surface area contributed by atoms with Crippen LogP contribution in [0.2, 0.25) is 0 Å². The van der Waals surface area contributed by atoms with Crippen LogP contribution in [0.4, 0.5) is 13.2 Å². The standard InChI is InChI=1S/C10H17F3N2O3/c1-4-15(9(2,3)8(17)18)5-7(16)14-6-10(11,12)13/h4-6H2,1-3H3,(H,14,16)(H,17,18). The molecule has 106 valence electrons. The minimum Gasteiger partial charge on any atom is -0.480 e. The lowest BCUT2D eigenvalue weighted by Crippen LogP contribution is -2.53. The van der Waals surface area contributed by atoms with Crippen LogP contribution in [-0.4, -0.2) is 53.2 Å². The molecule has 5 nitrogen and oxygen atoms in total. The fourth-order valence-electron chi connectivity index (χ4n) is 1.27. The average molecular weight is 270 g/mol. The van der Waals surface area contributed by atoms with E-state index in [-0.39, 0.29) is 6.54 Å². The van der Waals surface area contributed by atoms with Gasteiger partial charge in [-0.15, -0.1) is 0 Å². The van der Waals surface area contributed by atoms with E-state index < -0.39 is 36.7 Å². The van der Waals surface area contributed by atoms with E-state index in [9.17, 15) is 22.8 Å². The predicted octanol–water partition coefficient (Wildman–Crippen LogP) is 0.850. The van der Waals surface area contributed by atoms with Crippen molar-refractivity contribution in [2.75, 3.05) is 19.6 Å². The van der Waals surface area contributed by atoms with Crippen molar-refractivity contribution in [3.63, 3.8) is 0 Å². The lowest BCUT2D eigenvalue weighted by atomic mass is 10.0. The Balaban J connectivity index is 4.47. The highest BCUT2D eigenvalue weighted by Gasteiger charge is 2.35. The summed E-state index contributed by atoms with van der Waals surface area (Å²) in [7, 11) is 0. The third-order valence-electron chi connectivity index (χ3n) is 2.52. The number of alkyl halides is 3. The zero-order valence-electron chi connectivity index (χ0n) is 10.5. The summed E-state index contributed by atoms with van der Waals surface area (Å²) < 4.78 is 35.6. The summed E-state index contributed by atoms with van der Waals surface area (Å²) in [5.41, 5.74) is -1.32. The van der Waals surface area contributed by atoms with Gasteiger partial charge in [-0.05, 0) is 20.4 Å². The van der Waals surface area contributed by atoms with Crippen molar-refractivity contribution in [3.8, 4) is 0 Å². The quantitative estimate of drug-likeness (QED) is 0.750. The average Bonchev–Trinajstić information content (AvgIpc) is 2.21. The van der Waals surface area contributed by atoms with Crippen LogP contribution in [0.5, 0.6) is 0 Å². The number of rotatable bonds is 6. The fraction of sp³-hybridized carbons (Fsp3) is 0.800. The number of aliphatic carboxylic acids is 1. The maximum absolute atomic E-state index is 11.9. The number of nitrogens with one attached hydrogen (secondary N) is 1. The van der Waals surface area contributed by atoms with Gasteiger partial charge in [0.2, 0.25) is 5.91 Å². The maximum Gasteiger partial charge on any atom is 0.405 e. The molecule has 0 radical (unpaired) electrons. The van der Waals surface area contributed by atoms with Gasteiger partial charge >= 0.3 is 12.1 Å². The predicted molar refractivity (Wildman–Crippen MR) is 58.0 cm³/mol. The van der Waals surface area contributed by atoms with Crippen LogP contribution >= 0.6 is 0 Å². The van der Waals surface area contributed by atoms with Crippen molar-refractivity contribution in [3.05, 3.63) is 0 Å². The van der Waals surface area contributed by atoms with Gasteiger partial charge in [-0.1, -0.05) is 6.92 Å². The Morgan fingerprint density at radius 1 is 1.28 bits per heavy atom. The lowest BCUT2D eigenvalue weighted by Gasteiger charge is -2.33. The first-order valence-corrected chi connectivity index (χ1v) is 5.32. The van der Waals surface area contributed by atoms with Gasteiger partial charge in [-0.2, -0.15) is 13.2 Å². The number of likely N-dealkylation sites (N-methyl/N-ethyl adjacent to an activating group) is 1. The summed E-state index contributed by atoms with van der Waals surface area (Å²) >= 11 is 0. The van der Waals surface area contributed by atoms with Crippen molar-refractivity contribution in [2.45, 2.75) is 32.5 Å². The Hall–Kier alpha value is -1.31. The molecule has 0 spiro atoms. The van der Waals surface area contributed by atoms with E-state index in [1.54, 1.807) is 12.2 Å². The Bertz CT molecular complexity index is 316. The number of nitrogens with zero attached hydrogens (tertiary/aromatic N) is 1. The van der Waals surface area contributed by atoms with Crippen LogP contribution in [0.25, 0.3) is 0 Å². The third-order valence-corrected chi connectivity index (χ3v) is 2.52. The molecule has 0 aliphatic rings. The minimum atomic E-state index is -4.48. The molecule has 0 saturated carbocycles. The topological polar surface area (TPSA) is 69.6 Å². The number of halogens is 3. The molecule has 0 rings (SSSR count). The van der Waals surface area contributed by atoms with Gasteiger partial charge in [0, 0.05) is 0 Å². The van der Waals surface area contributed by atoms with Crippen molar-refractivity contribution in [2.24, 2.45) is 0 Å². The number of carboxylic acids is 1. The van der Waals surface area contributed by atoms with E-state index in [1.165, 1.54) is 18.7 Å². The van der Waals surface area contributed by atoms with E-state index in [0.717, 1.165) is 0 Å². The Labute approximate surface area is 103 Å². The molecule has 0 aromatic heterocycles. The van der Waals surface area contributed by atoms with Crippen molar-refractivity contribution >= 4 is 11.9 Å². The van der Waals surface area contributed by atoms with E-state index in [1.807, 2.05) is 0 Å². The largest absolute Gasteiger partial charge is 0.480 e. The van der Waals surface area contributed by atoms with E-state index in [0.29, 0.717) is 0 Å². The third kappa shape index (κ3) is 5.35. The molecule has 18 heavy (non-hydrogen) atoms. The van der Waals surface area contributed by atoms with Crippen LogP contribution in [0.3, 0.4) is 0 Å². The van der Waals surface area contributed by atoms with Gasteiger partial charge in [0.1, 0.15) is 12.1 Å². The first kappa shape index (κ1) is 16.7. The summed E-state index contributed by atoms with van der Waals surface area (Å²) in [5, 5.41) is 10.7. The second-order valence-corrected chi connectivity index (χ2v) is 4.27. The molecule has 2 N–H and O–H groups in total. The van der Waals surface area contributed by atoms with Gasteiger partial charge in [-0.3, -0.25) is 14.5 Å². The lowest BCUT2D eigenvalue weighted by molar-refractivity contribution is -0.151. The van der Waals surface area contributed by atoms with Crippen LogP contribution in [0, 0.1) is 0 Å². The normalized spacial score (nSPS) is 12.6. The molecule has 8 heteroatoms. The van der Waals surface area contributed by atoms with Crippen molar-refractivity contribution < 1.29 is 27.9 Å². The molecule has 0 aliphatic carbocycles. The second-order valence-electron chi connectivity index (χ2n) is 4.27. The van der Waals surface area contributed by atoms with Crippen LogP contribution in [0.1, 0.15) is 20.8 Å². The Morgan fingerprint density at radius 3 is 2.11 bits per heavy atom. The van der Waals surface area contributed by atoms with Crippen LogP contribution in [0.15, 0.2) is 0 Å². The highest BCUT2D eigenvalue weighted by atomic mass is 19.4. The monoisotopic (exact) mass is 270 g/mol. The van der Waals surface area contributed by atoms with E-state index >= 15 is 0 Å². The number of carbonyl (C=O) groups is 2. The van der Waals surface area contributed by atoms with Gasteiger partial charge in [-0.25, -0.2) is 0 Å². The second kappa shape index (κ2) is 6.03. The van der Waals surface area contributed by atoms with Crippen LogP contribution < -0.4 is 5.32 Å². The number of carbonyl (C=O) groups excluding carboxylic acids is 1. The summed E-state index contributed by atoms with van der Waals surface area (Å²) in [4.78, 5) is 23.5. The zero-order valence-corrected chi connectivity index (χ0v) is 10.5. The highest BCUT2D eigenvalue weighted by Crippen LogP contribution is 2.15. The van der Waals surface area contributed by atoms with Gasteiger partial charge in [0.05, 0.1) is 6.54 Å². The molecule has 0 heterocycles. The molecule has 0 fully saturated rings. The number of hydrogen-bond donors (Lipinski definition) is 2. The Morgan fingerprint density at radius 2 is 1.78 bits per heavy atom. The van der Waals surface area contributed by atoms with Gasteiger partial charge < -0.3 is 10.4 Å². The molecule has 0 bridgehead atoms. The molecule has 0 aliphatic heterocycles. The maximum atomic E-state index is 11.9.